The summed E-state index contributed by atoms with van der Waals surface area (Å²) in [6.45, 7) is -4.48. The number of nitrogens with one attached hydrogen (secondary N) is 1. The molecule has 0 saturated carbocycles. The van der Waals surface area contributed by atoms with Crippen molar-refractivity contribution in [3.63, 3.8) is 0 Å². The minimum Gasteiger partial charge on any atom is -0.394 e. The average molecular weight is 1920 g/mol. The zero-order valence-corrected chi connectivity index (χ0v) is 76.0. The summed E-state index contributed by atoms with van der Waals surface area (Å²) in [7, 11) is 0. The van der Waals surface area contributed by atoms with Gasteiger partial charge >= 0.3 is 0 Å². The lowest BCUT2D eigenvalue weighted by Gasteiger charge is -2.50. The minimum atomic E-state index is -2.39. The van der Waals surface area contributed by atoms with Crippen molar-refractivity contribution in [1.29, 1.82) is 0 Å². The first-order chi connectivity index (χ1) is 63.5. The van der Waals surface area contributed by atoms with Gasteiger partial charge in [-0.25, -0.2) is 0 Å². The van der Waals surface area contributed by atoms with E-state index in [1.807, 2.05) is 6.08 Å². The number of hydrogen-bond donors (Lipinski definition) is 27. The molecule has 16 unspecified atom stereocenters. The Morgan fingerprint density at radius 2 is 0.492 bits per heavy atom. The molecule has 8 rings (SSSR count). The average Bonchev–Trinajstić information content (AvgIpc) is 0.769. The van der Waals surface area contributed by atoms with Gasteiger partial charge in [0.1, 0.15) is 195 Å². The van der Waals surface area contributed by atoms with E-state index in [0.717, 1.165) is 51.4 Å². The van der Waals surface area contributed by atoms with Crippen molar-refractivity contribution >= 4 is 5.91 Å². The van der Waals surface area contributed by atoms with Crippen LogP contribution in [0.5, 0.6) is 0 Å². The monoisotopic (exact) mass is 1920 g/mol. The topological polar surface area (TPSA) is 703 Å². The molecule has 0 aromatic carbocycles. The molecule has 8 heterocycles. The number of carbonyl (C=O) groups is 1. The van der Waals surface area contributed by atoms with Crippen molar-refractivity contribution in [3.8, 4) is 0 Å². The predicted molar refractivity (Wildman–Crippen MR) is 454 cm³/mol. The fourth-order valence-corrected chi connectivity index (χ4v) is 18.0. The number of carbonyl (C=O) groups excluding carboxylic acids is 1. The van der Waals surface area contributed by atoms with E-state index in [1.165, 1.54) is 135 Å². The van der Waals surface area contributed by atoms with Crippen LogP contribution < -0.4 is 5.32 Å². The van der Waals surface area contributed by atoms with Gasteiger partial charge in [-0.2, -0.15) is 0 Å². The second-order valence-corrected chi connectivity index (χ2v) is 36.2. The smallest absolute Gasteiger partial charge is 0.220 e. The standard InChI is InChI=1S/C88H159NO43/c1-3-5-7-9-11-13-15-17-18-19-20-21-22-24-26-28-30-32-34-36-56(99)89-46(47(98)35-33-31-29-27-25-23-16-14-12-10-8-6-4-2)45-117-81-67(110)64(107)74(54(43-96)124-81)126-83-68(111)65(108)75(55(44-97)125-83)127-84-69(112)77(59(102)49(38-91)119-84)129-86-71(114)79(61(104)51(40-93)121-86)131-88-73(116)80(62(105)53(42-95)123-88)132-87-72(115)78(60(103)52(41-94)122-87)130-85-70(113)76(58(101)50(39-92)120-85)128-82-66(109)63(106)57(100)48(37-90)118-82/h33,35,46-55,57-88,90-98,100-116H,3-32,34,36-45H2,1-2H3,(H,89,99)/b35-33+/t46-,47+,48?,49?,50?,51?,52?,53?,54?,55?,57-,58-,59-,60-,61-,62-,63-,64+,65+,66?,67?,68?,69?,70?,71?,72?,73?,74+,75-,76-,77-,78-,79-,80-,81+,82+,83-,84-,85+,86+,87+,88+/m0/s1. The largest absolute Gasteiger partial charge is 0.394 e. The Morgan fingerprint density at radius 3 is 0.780 bits per heavy atom. The number of aliphatic hydroxyl groups is 26. The van der Waals surface area contributed by atoms with Gasteiger partial charge in [0, 0.05) is 6.42 Å². The summed E-state index contributed by atoms with van der Waals surface area (Å²) in [6.07, 6.45) is -43.8. The van der Waals surface area contributed by atoms with Gasteiger partial charge in [0.15, 0.2) is 50.3 Å². The Labute approximate surface area is 770 Å². The Kier molecular flexibility index (Phi) is 52.2. The van der Waals surface area contributed by atoms with Gasteiger partial charge in [-0.15, -0.1) is 0 Å². The zero-order chi connectivity index (χ0) is 96.3. The normalized spacial score (nSPS) is 40.5. The van der Waals surface area contributed by atoms with E-state index in [1.54, 1.807) is 6.08 Å². The lowest BCUT2D eigenvalue weighted by Crippen LogP contribution is -2.69. The van der Waals surface area contributed by atoms with Crippen LogP contribution in [0.4, 0.5) is 0 Å². The van der Waals surface area contributed by atoms with Crippen LogP contribution in [0.25, 0.3) is 0 Å². The summed E-state index contributed by atoms with van der Waals surface area (Å²) in [6, 6.07) is -1.08. The molecule has 0 radical (unpaired) electrons. The molecule has 132 heavy (non-hydrogen) atoms. The van der Waals surface area contributed by atoms with Gasteiger partial charge in [-0.1, -0.05) is 206 Å². The molecule has 0 aromatic rings. The van der Waals surface area contributed by atoms with Crippen LogP contribution in [-0.4, -0.2) is 456 Å². The molecule has 0 aromatic heterocycles. The van der Waals surface area contributed by atoms with Gasteiger partial charge in [-0.05, 0) is 19.3 Å². The zero-order valence-electron chi connectivity index (χ0n) is 76.0. The number of unbranched alkanes of at least 4 members (excludes halogenated alkanes) is 29. The Balaban J connectivity index is 0.855. The van der Waals surface area contributed by atoms with Crippen molar-refractivity contribution in [1.82, 2.24) is 5.32 Å². The highest BCUT2D eigenvalue weighted by atomic mass is 16.8. The van der Waals surface area contributed by atoms with Gasteiger partial charge in [0.25, 0.3) is 0 Å². The minimum absolute atomic E-state index is 0.164. The fourth-order valence-electron chi connectivity index (χ4n) is 18.0. The maximum atomic E-state index is 13.6. The molecular weight excluding hydrogens is 1760 g/mol. The van der Waals surface area contributed by atoms with E-state index >= 15 is 0 Å². The van der Waals surface area contributed by atoms with E-state index in [2.05, 4.69) is 19.2 Å². The highest BCUT2D eigenvalue weighted by Gasteiger charge is 2.60. The second-order valence-electron chi connectivity index (χ2n) is 36.2. The molecule has 8 aliphatic heterocycles. The van der Waals surface area contributed by atoms with Crippen LogP contribution in [0.3, 0.4) is 0 Å². The third kappa shape index (κ3) is 32.5. The van der Waals surface area contributed by atoms with Crippen LogP contribution in [0, 0.1) is 0 Å². The number of allylic oxidation sites excluding steroid dienone is 1. The number of aliphatic hydroxyl groups excluding tert-OH is 26. The molecule has 0 aliphatic carbocycles. The van der Waals surface area contributed by atoms with E-state index in [9.17, 15) is 138 Å². The van der Waals surface area contributed by atoms with Crippen molar-refractivity contribution in [2.75, 3.05) is 59.5 Å². The Bertz CT molecular complexity index is 3080. The van der Waals surface area contributed by atoms with E-state index in [-0.39, 0.29) is 12.3 Å². The molecule has 44 heteroatoms. The summed E-state index contributed by atoms with van der Waals surface area (Å²) in [5.74, 6) is -0.352. The summed E-state index contributed by atoms with van der Waals surface area (Å²) in [5.41, 5.74) is 0. The first-order valence-electron chi connectivity index (χ1n) is 48.0. The first kappa shape index (κ1) is 115. The summed E-state index contributed by atoms with van der Waals surface area (Å²) in [4.78, 5) is 13.6. The van der Waals surface area contributed by atoms with Crippen LogP contribution in [0.15, 0.2) is 12.2 Å². The molecule has 0 spiro atoms. The van der Waals surface area contributed by atoms with Crippen molar-refractivity contribution in [3.05, 3.63) is 12.2 Å². The fraction of sp³-hybridized carbons (Fsp3) is 0.966. The van der Waals surface area contributed by atoms with Crippen molar-refractivity contribution in [2.45, 2.75) is 477 Å². The van der Waals surface area contributed by atoms with Crippen LogP contribution in [-0.2, 0) is 80.6 Å². The number of rotatable bonds is 60. The third-order valence-electron chi connectivity index (χ3n) is 26.2. The molecular formula is C88H159NO43. The van der Waals surface area contributed by atoms with E-state index in [0.29, 0.717) is 12.8 Å². The van der Waals surface area contributed by atoms with E-state index < -0.39 is 317 Å². The third-order valence-corrected chi connectivity index (χ3v) is 26.2. The summed E-state index contributed by atoms with van der Waals surface area (Å²) < 4.78 is 92.4. The molecule has 1 amide bonds. The number of ether oxygens (including phenoxy) is 16. The van der Waals surface area contributed by atoms with Gasteiger partial charge < -0.3 is 214 Å². The van der Waals surface area contributed by atoms with Gasteiger partial charge in [0.2, 0.25) is 5.91 Å². The van der Waals surface area contributed by atoms with Crippen molar-refractivity contribution < 1.29 is 213 Å². The molecule has 42 atom stereocenters. The second kappa shape index (κ2) is 60.1. The van der Waals surface area contributed by atoms with Gasteiger partial charge in [-0.3, -0.25) is 4.79 Å². The number of hydrogen-bond acceptors (Lipinski definition) is 43. The molecule has 774 valence electrons. The van der Waals surface area contributed by atoms with Crippen LogP contribution in [0.2, 0.25) is 0 Å². The lowest BCUT2D eigenvalue weighted by molar-refractivity contribution is -0.401. The van der Waals surface area contributed by atoms with E-state index in [4.69, 9.17) is 75.8 Å². The molecule has 8 saturated heterocycles. The number of amides is 1. The first-order valence-corrected chi connectivity index (χ1v) is 48.0. The lowest BCUT2D eigenvalue weighted by atomic mass is 9.95. The molecule has 8 fully saturated rings. The highest BCUT2D eigenvalue weighted by molar-refractivity contribution is 5.76. The molecule has 27 N–H and O–H groups in total. The Hall–Kier alpha value is -2.47. The highest BCUT2D eigenvalue weighted by Crippen LogP contribution is 2.40. The predicted octanol–water partition coefficient (Wildman–Crippen LogP) is -5.50. The maximum Gasteiger partial charge on any atom is 0.220 e. The van der Waals surface area contributed by atoms with Gasteiger partial charge in [0.05, 0.1) is 71.6 Å². The van der Waals surface area contributed by atoms with Crippen molar-refractivity contribution in [2.24, 2.45) is 0 Å². The van der Waals surface area contributed by atoms with Crippen LogP contribution >= 0.6 is 0 Å². The summed E-state index contributed by atoms with van der Waals surface area (Å²) >= 11 is 0. The SMILES string of the molecule is CCCCCCCCCCCCC/C=C/[C@@H](O)[C@H](CO[C@@H]1OC(CO)[C@@H](O[C@@H]2OC(CO)[C@H](O[C@@H]3OC(CO)[C@H](O)[C@H](O[C@H]4OC(CO)[C@H](O)[C@H](O[C@H]5OC(CO)[C@H](O)[C@H](O[C@H]6OC(CO)[C@H](O)[C@H](O[C@H]7OC(CO)[C@H](O)[C@H](O[C@H]8OC(CO)[C@H](O)[C@H](O)C8O)C7O)C6O)C5O)C4O)C3O)[C@H](O)C2O)[C@H](O)C1O)NC(=O)CCCCCCCCCCCCCCCCCCCCC. The molecule has 44 nitrogen and oxygen atoms in total. The summed E-state index contributed by atoms with van der Waals surface area (Å²) in [5, 5.41) is 292. The maximum absolute atomic E-state index is 13.6. The Morgan fingerprint density at radius 1 is 0.265 bits per heavy atom. The quantitative estimate of drug-likeness (QED) is 0.0200. The molecule has 8 aliphatic rings. The van der Waals surface area contributed by atoms with Crippen LogP contribution in [0.1, 0.15) is 219 Å². The molecule has 0 bridgehead atoms.